The highest BCUT2D eigenvalue weighted by Crippen LogP contribution is 2.22. The van der Waals surface area contributed by atoms with Crippen LogP contribution in [-0.4, -0.2) is 21.5 Å². The van der Waals surface area contributed by atoms with E-state index in [4.69, 9.17) is 0 Å². The van der Waals surface area contributed by atoms with Crippen LogP contribution in [0.4, 0.5) is 5.82 Å². The summed E-state index contributed by atoms with van der Waals surface area (Å²) in [7, 11) is 0. The molecule has 5 heteroatoms. The Balaban J connectivity index is 1.61. The highest BCUT2D eigenvalue weighted by Gasteiger charge is 2.03. The smallest absolute Gasteiger partial charge is 0.166 e. The molecule has 2 aromatic heterocycles. The van der Waals surface area contributed by atoms with Crippen molar-refractivity contribution in [2.75, 3.05) is 11.9 Å². The molecule has 0 amide bonds. The van der Waals surface area contributed by atoms with Crippen LogP contribution < -0.4 is 5.32 Å². The zero-order valence-electron chi connectivity index (χ0n) is 12.0. The summed E-state index contributed by atoms with van der Waals surface area (Å²) in [4.78, 5) is 12.3. The van der Waals surface area contributed by atoms with Crippen LogP contribution in [0.1, 0.15) is 18.9 Å². The molecule has 21 heavy (non-hydrogen) atoms. The van der Waals surface area contributed by atoms with E-state index in [0.29, 0.717) is 0 Å². The topological polar surface area (TPSA) is 53.6 Å². The van der Waals surface area contributed by atoms with Crippen LogP contribution in [0.2, 0.25) is 0 Å². The Kier molecular flexibility index (Phi) is 4.40. The van der Waals surface area contributed by atoms with Gasteiger partial charge >= 0.3 is 0 Å². The molecule has 4 nitrogen and oxygen atoms in total. The first-order chi connectivity index (χ1) is 10.3. The van der Waals surface area contributed by atoms with E-state index in [1.54, 1.807) is 11.8 Å². The number of hydrogen-bond acceptors (Lipinski definition) is 4. The minimum absolute atomic E-state index is 0.862. The molecule has 0 bridgehead atoms. The number of hydrogen-bond donors (Lipinski definition) is 2. The average Bonchev–Trinajstić information content (AvgIpc) is 2.95. The molecule has 0 aliphatic carbocycles. The molecular weight excluding hydrogens is 280 g/mol. The van der Waals surface area contributed by atoms with E-state index in [2.05, 4.69) is 33.3 Å². The molecule has 0 atom stereocenters. The number of imidazole rings is 1. The summed E-state index contributed by atoms with van der Waals surface area (Å²) >= 11 is 1.70. The van der Waals surface area contributed by atoms with E-state index in [0.717, 1.165) is 40.7 Å². The van der Waals surface area contributed by atoms with E-state index in [1.165, 1.54) is 5.56 Å². The summed E-state index contributed by atoms with van der Waals surface area (Å²) in [6.45, 7) is 3.10. The van der Waals surface area contributed by atoms with Gasteiger partial charge in [0.15, 0.2) is 5.16 Å². The molecule has 0 spiro atoms. The van der Waals surface area contributed by atoms with Crippen molar-refractivity contribution < 1.29 is 0 Å². The molecule has 0 fully saturated rings. The van der Waals surface area contributed by atoms with Gasteiger partial charge < -0.3 is 10.3 Å². The lowest BCUT2D eigenvalue weighted by atomic mass is 10.3. The Morgan fingerprint density at radius 2 is 2.10 bits per heavy atom. The number of aromatic amines is 1. The van der Waals surface area contributed by atoms with Gasteiger partial charge in [0, 0.05) is 18.5 Å². The van der Waals surface area contributed by atoms with E-state index in [9.17, 15) is 0 Å². The van der Waals surface area contributed by atoms with E-state index < -0.39 is 0 Å². The number of nitrogens with zero attached hydrogens (tertiary/aromatic N) is 2. The largest absolute Gasteiger partial charge is 0.370 e. The molecule has 0 saturated carbocycles. The van der Waals surface area contributed by atoms with Gasteiger partial charge in [0.05, 0.1) is 11.0 Å². The van der Waals surface area contributed by atoms with Crippen LogP contribution in [-0.2, 0) is 5.75 Å². The van der Waals surface area contributed by atoms with Gasteiger partial charge in [0.2, 0.25) is 0 Å². The second kappa shape index (κ2) is 6.63. The number of anilines is 1. The maximum Gasteiger partial charge on any atom is 0.166 e. The summed E-state index contributed by atoms with van der Waals surface area (Å²) in [6, 6.07) is 12.2. The highest BCUT2D eigenvalue weighted by atomic mass is 32.2. The van der Waals surface area contributed by atoms with Crippen molar-refractivity contribution in [3.63, 3.8) is 0 Å². The van der Waals surface area contributed by atoms with E-state index in [1.807, 2.05) is 36.5 Å². The standard InChI is InChI=1S/C16H18N4S/c1-2-9-17-15-8-7-12(10-18-15)11-21-16-19-13-5-3-4-6-14(13)20-16/h3-8,10H,2,9,11H2,1H3,(H,17,18)(H,19,20). The molecule has 0 unspecified atom stereocenters. The van der Waals surface area contributed by atoms with Crippen molar-refractivity contribution in [3.05, 3.63) is 48.2 Å². The molecule has 2 heterocycles. The first kappa shape index (κ1) is 13.9. The van der Waals surface area contributed by atoms with Crippen molar-refractivity contribution in [2.45, 2.75) is 24.3 Å². The van der Waals surface area contributed by atoms with Crippen molar-refractivity contribution in [1.82, 2.24) is 15.0 Å². The molecule has 2 N–H and O–H groups in total. The molecule has 0 radical (unpaired) electrons. The van der Waals surface area contributed by atoms with Crippen molar-refractivity contribution in [2.24, 2.45) is 0 Å². The van der Waals surface area contributed by atoms with Crippen molar-refractivity contribution in [3.8, 4) is 0 Å². The number of benzene rings is 1. The van der Waals surface area contributed by atoms with Gasteiger partial charge in [-0.15, -0.1) is 0 Å². The number of H-pyrrole nitrogens is 1. The van der Waals surface area contributed by atoms with Gasteiger partial charge in [-0.2, -0.15) is 0 Å². The number of pyridine rings is 1. The lowest BCUT2D eigenvalue weighted by molar-refractivity contribution is 0.968. The Bertz CT molecular complexity index is 673. The number of rotatable bonds is 6. The first-order valence-corrected chi connectivity index (χ1v) is 8.10. The van der Waals surface area contributed by atoms with Crippen molar-refractivity contribution >= 4 is 28.6 Å². The number of thioether (sulfide) groups is 1. The third kappa shape index (κ3) is 3.55. The summed E-state index contributed by atoms with van der Waals surface area (Å²) in [6.07, 6.45) is 3.03. The fourth-order valence-corrected chi connectivity index (χ4v) is 2.84. The van der Waals surface area contributed by atoms with Gasteiger partial charge in [-0.05, 0) is 30.2 Å². The molecule has 108 valence electrons. The van der Waals surface area contributed by atoms with Crippen LogP contribution in [0.3, 0.4) is 0 Å². The molecule has 3 rings (SSSR count). The maximum atomic E-state index is 4.56. The average molecular weight is 298 g/mol. The van der Waals surface area contributed by atoms with Gasteiger partial charge in [-0.1, -0.05) is 36.9 Å². The van der Waals surface area contributed by atoms with Gasteiger partial charge in [-0.3, -0.25) is 0 Å². The number of nitrogens with one attached hydrogen (secondary N) is 2. The quantitative estimate of drug-likeness (QED) is 0.673. The molecule has 0 aliphatic rings. The summed E-state index contributed by atoms with van der Waals surface area (Å²) < 4.78 is 0. The maximum absolute atomic E-state index is 4.56. The van der Waals surface area contributed by atoms with E-state index in [-0.39, 0.29) is 0 Å². The van der Waals surface area contributed by atoms with Crippen LogP contribution in [0.15, 0.2) is 47.8 Å². The molecule has 0 saturated heterocycles. The SMILES string of the molecule is CCCNc1ccc(CSc2nc3ccccc3[nH]2)cn1. The van der Waals surface area contributed by atoms with Gasteiger partial charge in [0.25, 0.3) is 0 Å². The third-order valence-electron chi connectivity index (χ3n) is 3.12. The predicted octanol–water partition coefficient (Wildman–Crippen LogP) is 4.07. The Hall–Kier alpha value is -2.01. The second-order valence-electron chi connectivity index (χ2n) is 4.83. The van der Waals surface area contributed by atoms with Crippen LogP contribution in [0.25, 0.3) is 11.0 Å². The zero-order valence-corrected chi connectivity index (χ0v) is 12.8. The first-order valence-electron chi connectivity index (χ1n) is 7.11. The molecule has 0 aliphatic heterocycles. The number of aromatic nitrogens is 3. The second-order valence-corrected chi connectivity index (χ2v) is 5.79. The number of para-hydroxylation sites is 2. The minimum Gasteiger partial charge on any atom is -0.370 e. The van der Waals surface area contributed by atoms with Gasteiger partial charge in [-0.25, -0.2) is 9.97 Å². The fraction of sp³-hybridized carbons (Fsp3) is 0.250. The summed E-state index contributed by atoms with van der Waals surface area (Å²) in [5.74, 6) is 1.80. The number of fused-ring (bicyclic) bond motifs is 1. The Labute approximate surface area is 128 Å². The third-order valence-corrected chi connectivity index (χ3v) is 4.07. The van der Waals surface area contributed by atoms with Crippen molar-refractivity contribution in [1.29, 1.82) is 0 Å². The van der Waals surface area contributed by atoms with Crippen LogP contribution in [0, 0.1) is 0 Å². The monoisotopic (exact) mass is 298 g/mol. The van der Waals surface area contributed by atoms with Gasteiger partial charge in [0.1, 0.15) is 5.82 Å². The predicted molar refractivity (Wildman–Crippen MR) is 88.7 cm³/mol. The lowest BCUT2D eigenvalue weighted by Gasteiger charge is -2.04. The summed E-state index contributed by atoms with van der Waals surface area (Å²) in [5.41, 5.74) is 3.29. The minimum atomic E-state index is 0.862. The zero-order chi connectivity index (χ0) is 14.5. The molecule has 3 aromatic rings. The molecule has 1 aromatic carbocycles. The Morgan fingerprint density at radius 3 is 2.86 bits per heavy atom. The van der Waals surface area contributed by atoms with Crippen LogP contribution in [0.5, 0.6) is 0 Å². The summed E-state index contributed by atoms with van der Waals surface area (Å²) in [5, 5.41) is 4.23. The normalized spacial score (nSPS) is 10.9. The Morgan fingerprint density at radius 1 is 1.19 bits per heavy atom. The van der Waals surface area contributed by atoms with Crippen LogP contribution >= 0.6 is 11.8 Å². The van der Waals surface area contributed by atoms with E-state index >= 15 is 0 Å². The fourth-order valence-electron chi connectivity index (χ4n) is 2.02. The lowest BCUT2D eigenvalue weighted by Crippen LogP contribution is -2.01. The molecular formula is C16H18N4S. The highest BCUT2D eigenvalue weighted by molar-refractivity contribution is 7.98.